The number of nitrogens with one attached hydrogen (secondary N) is 2. The lowest BCUT2D eigenvalue weighted by Gasteiger charge is -2.14. The van der Waals surface area contributed by atoms with Crippen molar-refractivity contribution in [1.82, 2.24) is 10.0 Å². The van der Waals surface area contributed by atoms with Crippen molar-refractivity contribution < 1.29 is 22.7 Å². The van der Waals surface area contributed by atoms with E-state index in [-0.39, 0.29) is 23.5 Å². The Balaban J connectivity index is 2.97. The Morgan fingerprint density at radius 1 is 1.26 bits per heavy atom. The number of amides is 1. The maximum Gasteiger partial charge on any atom is 0.251 e. The molecule has 23 heavy (non-hydrogen) atoms. The number of carbonyl (C=O) groups is 1. The van der Waals surface area contributed by atoms with Crippen LogP contribution in [0.25, 0.3) is 0 Å². The van der Waals surface area contributed by atoms with Crippen molar-refractivity contribution >= 4 is 15.9 Å². The average molecular weight is 344 g/mol. The summed E-state index contributed by atoms with van der Waals surface area (Å²) >= 11 is 0. The summed E-state index contributed by atoms with van der Waals surface area (Å²) in [7, 11) is -0.676. The van der Waals surface area contributed by atoms with E-state index >= 15 is 0 Å². The molecule has 0 aliphatic heterocycles. The van der Waals surface area contributed by atoms with Crippen LogP contribution >= 0.6 is 0 Å². The lowest BCUT2D eigenvalue weighted by molar-refractivity contribution is 0.0936. The smallest absolute Gasteiger partial charge is 0.251 e. The highest BCUT2D eigenvalue weighted by atomic mass is 32.2. The van der Waals surface area contributed by atoms with Gasteiger partial charge in [0.2, 0.25) is 10.0 Å². The largest absolute Gasteiger partial charge is 0.383 e. The number of aryl methyl sites for hydroxylation is 1. The maximum absolute atomic E-state index is 12.3. The van der Waals surface area contributed by atoms with Crippen molar-refractivity contribution in [2.24, 2.45) is 0 Å². The molecule has 0 aliphatic rings. The molecule has 0 bridgehead atoms. The first-order valence-corrected chi connectivity index (χ1v) is 8.69. The van der Waals surface area contributed by atoms with Crippen molar-refractivity contribution in [3.05, 3.63) is 29.3 Å². The number of ether oxygens (including phenoxy) is 2. The quantitative estimate of drug-likeness (QED) is 0.643. The number of hydrogen-bond acceptors (Lipinski definition) is 5. The van der Waals surface area contributed by atoms with E-state index in [1.54, 1.807) is 19.9 Å². The summed E-state index contributed by atoms with van der Waals surface area (Å²) < 4.78 is 37.0. The molecule has 1 rings (SSSR count). The summed E-state index contributed by atoms with van der Waals surface area (Å²) in [5, 5.41) is 2.68. The zero-order chi connectivity index (χ0) is 17.5. The maximum atomic E-state index is 12.3. The highest BCUT2D eigenvalue weighted by molar-refractivity contribution is 7.89. The lowest BCUT2D eigenvalue weighted by atomic mass is 10.1. The van der Waals surface area contributed by atoms with Crippen molar-refractivity contribution in [1.29, 1.82) is 0 Å². The van der Waals surface area contributed by atoms with Crippen LogP contribution in [0.15, 0.2) is 23.1 Å². The van der Waals surface area contributed by atoms with Crippen LogP contribution in [-0.2, 0) is 19.5 Å². The molecule has 0 saturated carbocycles. The van der Waals surface area contributed by atoms with Gasteiger partial charge < -0.3 is 14.8 Å². The second-order valence-electron chi connectivity index (χ2n) is 5.20. The van der Waals surface area contributed by atoms with Gasteiger partial charge in [-0.2, -0.15) is 0 Å². The summed E-state index contributed by atoms with van der Waals surface area (Å²) in [6, 6.07) is 4.09. The molecule has 0 heterocycles. The van der Waals surface area contributed by atoms with Crippen LogP contribution in [0.4, 0.5) is 0 Å². The van der Waals surface area contributed by atoms with Gasteiger partial charge in [0.1, 0.15) is 0 Å². The summed E-state index contributed by atoms with van der Waals surface area (Å²) in [5.41, 5.74) is 1.02. The molecular formula is C15H24N2O5S. The molecule has 0 unspecified atom stereocenters. The molecule has 130 valence electrons. The third-order valence-corrected chi connectivity index (χ3v) is 4.72. The molecule has 0 saturated heterocycles. The van der Waals surface area contributed by atoms with Gasteiger partial charge in [0.25, 0.3) is 5.91 Å². The Hall–Kier alpha value is -1.48. The lowest BCUT2D eigenvalue weighted by Crippen LogP contribution is -2.35. The first-order chi connectivity index (χ1) is 10.8. The SMILES string of the molecule is COCCNC(=O)c1cc(S(=O)(=O)N[C@H](C)COC)ccc1C. The molecule has 0 spiro atoms. The van der Waals surface area contributed by atoms with Crippen molar-refractivity contribution in [3.63, 3.8) is 0 Å². The fourth-order valence-electron chi connectivity index (χ4n) is 1.99. The van der Waals surface area contributed by atoms with E-state index in [9.17, 15) is 13.2 Å². The first kappa shape index (κ1) is 19.6. The number of benzene rings is 1. The molecule has 1 aromatic rings. The summed E-state index contributed by atoms with van der Waals surface area (Å²) in [6.45, 7) is 4.46. The van der Waals surface area contributed by atoms with Crippen LogP contribution in [0.2, 0.25) is 0 Å². The number of carbonyl (C=O) groups excluding carboxylic acids is 1. The van der Waals surface area contributed by atoms with Crippen molar-refractivity contribution in [2.75, 3.05) is 34.0 Å². The molecule has 2 N–H and O–H groups in total. The minimum atomic E-state index is -3.71. The van der Waals surface area contributed by atoms with Gasteiger partial charge in [0, 0.05) is 32.4 Å². The average Bonchev–Trinajstić information content (AvgIpc) is 2.47. The minimum Gasteiger partial charge on any atom is -0.383 e. The Bertz CT molecular complexity index is 631. The van der Waals surface area contributed by atoms with E-state index in [4.69, 9.17) is 9.47 Å². The predicted octanol–water partition coefficient (Wildman–Crippen LogP) is 0.684. The Kier molecular flexibility index (Phi) is 7.63. The monoisotopic (exact) mass is 344 g/mol. The van der Waals surface area contributed by atoms with E-state index in [0.29, 0.717) is 24.3 Å². The van der Waals surface area contributed by atoms with Crippen LogP contribution < -0.4 is 10.0 Å². The zero-order valence-corrected chi connectivity index (χ0v) is 14.7. The molecule has 1 aromatic carbocycles. The standard InChI is InChI=1S/C15H24N2O5S/c1-11-5-6-13(23(19,20)17-12(2)10-22-4)9-14(11)15(18)16-7-8-21-3/h5-6,9,12,17H,7-8,10H2,1-4H3,(H,16,18)/t12-/m1/s1. The Morgan fingerprint density at radius 2 is 1.96 bits per heavy atom. The fourth-order valence-corrected chi connectivity index (χ4v) is 3.25. The molecule has 0 aromatic heterocycles. The van der Waals surface area contributed by atoms with Gasteiger partial charge in [-0.05, 0) is 31.5 Å². The van der Waals surface area contributed by atoms with Gasteiger partial charge in [-0.25, -0.2) is 13.1 Å². The highest BCUT2D eigenvalue weighted by Crippen LogP contribution is 2.16. The molecule has 7 nitrogen and oxygen atoms in total. The molecule has 0 aliphatic carbocycles. The molecule has 1 amide bonds. The van der Waals surface area contributed by atoms with Gasteiger partial charge in [0.15, 0.2) is 0 Å². The summed E-state index contributed by atoms with van der Waals surface area (Å²) in [4.78, 5) is 12.2. The second kappa shape index (κ2) is 8.97. The normalized spacial score (nSPS) is 12.9. The highest BCUT2D eigenvalue weighted by Gasteiger charge is 2.20. The van der Waals surface area contributed by atoms with E-state index in [2.05, 4.69) is 10.0 Å². The number of methoxy groups -OCH3 is 2. The van der Waals surface area contributed by atoms with Crippen molar-refractivity contribution in [3.8, 4) is 0 Å². The van der Waals surface area contributed by atoms with Crippen LogP contribution in [0.1, 0.15) is 22.8 Å². The summed E-state index contributed by atoms with van der Waals surface area (Å²) in [5.74, 6) is -0.332. The van der Waals surface area contributed by atoms with E-state index in [0.717, 1.165) is 0 Å². The Morgan fingerprint density at radius 3 is 2.57 bits per heavy atom. The van der Waals surface area contributed by atoms with Gasteiger partial charge in [-0.3, -0.25) is 4.79 Å². The molecular weight excluding hydrogens is 320 g/mol. The van der Waals surface area contributed by atoms with Crippen molar-refractivity contribution in [2.45, 2.75) is 24.8 Å². The molecule has 8 heteroatoms. The predicted molar refractivity (Wildman–Crippen MR) is 87.0 cm³/mol. The molecule has 1 atom stereocenters. The molecule has 0 fully saturated rings. The first-order valence-electron chi connectivity index (χ1n) is 7.21. The van der Waals surface area contributed by atoms with Gasteiger partial charge in [0.05, 0.1) is 18.1 Å². The van der Waals surface area contributed by atoms with E-state index < -0.39 is 10.0 Å². The third kappa shape index (κ3) is 5.91. The minimum absolute atomic E-state index is 0.0444. The number of hydrogen-bond donors (Lipinski definition) is 2. The topological polar surface area (TPSA) is 93.7 Å². The molecule has 0 radical (unpaired) electrons. The van der Waals surface area contributed by atoms with Gasteiger partial charge in [-0.1, -0.05) is 6.07 Å². The van der Waals surface area contributed by atoms with E-state index in [1.165, 1.54) is 26.4 Å². The van der Waals surface area contributed by atoms with E-state index in [1.807, 2.05) is 0 Å². The van der Waals surface area contributed by atoms with Crippen LogP contribution in [0.5, 0.6) is 0 Å². The van der Waals surface area contributed by atoms with Gasteiger partial charge >= 0.3 is 0 Å². The second-order valence-corrected chi connectivity index (χ2v) is 6.92. The summed E-state index contributed by atoms with van der Waals surface area (Å²) in [6.07, 6.45) is 0. The third-order valence-electron chi connectivity index (χ3n) is 3.13. The number of sulfonamides is 1. The fraction of sp³-hybridized carbons (Fsp3) is 0.533. The van der Waals surface area contributed by atoms with Crippen LogP contribution in [0.3, 0.4) is 0 Å². The number of rotatable bonds is 9. The van der Waals surface area contributed by atoms with Gasteiger partial charge in [-0.15, -0.1) is 0 Å². The Labute approximate surface area is 137 Å². The zero-order valence-electron chi connectivity index (χ0n) is 13.9. The van der Waals surface area contributed by atoms with Crippen LogP contribution in [-0.4, -0.2) is 54.3 Å². The van der Waals surface area contributed by atoms with Crippen LogP contribution in [0, 0.1) is 6.92 Å².